The summed E-state index contributed by atoms with van der Waals surface area (Å²) in [6.07, 6.45) is 4.59. The van der Waals surface area contributed by atoms with Crippen LogP contribution in [0.4, 0.5) is 11.6 Å². The maximum Gasteiger partial charge on any atom is 0.225 e. The zero-order chi connectivity index (χ0) is 37.7. The molecule has 2 amide bonds. The monoisotopic (exact) mass is 713 g/mol. The lowest BCUT2D eigenvalue weighted by atomic mass is 9.79. The Balaban J connectivity index is 1.34. The molecule has 53 heavy (non-hydrogen) atoms. The summed E-state index contributed by atoms with van der Waals surface area (Å²) in [7, 11) is 1.61. The van der Waals surface area contributed by atoms with Crippen LogP contribution in [0, 0.1) is 5.92 Å². The molecule has 0 spiro atoms. The predicted octanol–water partition coefficient (Wildman–Crippen LogP) is 8.83. The summed E-state index contributed by atoms with van der Waals surface area (Å²) < 4.78 is 5.94. The molecule has 1 aliphatic rings. The quantitative estimate of drug-likeness (QED) is 0.123. The van der Waals surface area contributed by atoms with Gasteiger partial charge in [-0.2, -0.15) is 0 Å². The van der Waals surface area contributed by atoms with E-state index >= 15 is 0 Å². The Kier molecular flexibility index (Phi) is 11.2. The van der Waals surface area contributed by atoms with Crippen molar-refractivity contribution in [3.05, 3.63) is 113 Å². The van der Waals surface area contributed by atoms with Gasteiger partial charge in [-0.15, -0.1) is 0 Å². The fraction of sp³-hybridized carbons (Fsp3) is 0.349. The Morgan fingerprint density at radius 3 is 2.04 bits per heavy atom. The number of nitrogens with two attached hydrogens (primary N) is 1. The van der Waals surface area contributed by atoms with E-state index < -0.39 is 5.41 Å². The van der Waals surface area contributed by atoms with Crippen molar-refractivity contribution in [3.63, 3.8) is 0 Å². The average Bonchev–Trinajstić information content (AvgIpc) is 3.86. The Bertz CT molecular complexity index is 2110. The molecule has 0 aliphatic carbocycles. The number of aromatic amines is 2. The molecule has 0 saturated carbocycles. The van der Waals surface area contributed by atoms with E-state index in [4.69, 9.17) is 20.4 Å². The minimum absolute atomic E-state index is 0.0924. The molecule has 1 aromatic carbocycles. The van der Waals surface area contributed by atoms with Crippen LogP contribution >= 0.6 is 0 Å². The second kappa shape index (κ2) is 15.9. The number of anilines is 2. The third-order valence-corrected chi connectivity index (χ3v) is 10.9. The highest BCUT2D eigenvalue weighted by atomic mass is 16.5. The van der Waals surface area contributed by atoms with Gasteiger partial charge in [0.2, 0.25) is 11.8 Å². The number of fused-ring (bicyclic) bond motifs is 12. The van der Waals surface area contributed by atoms with Gasteiger partial charge >= 0.3 is 0 Å². The van der Waals surface area contributed by atoms with Crippen molar-refractivity contribution in [1.82, 2.24) is 19.9 Å². The summed E-state index contributed by atoms with van der Waals surface area (Å²) in [6.45, 7) is 10.7. The number of H-pyrrole nitrogens is 2. The van der Waals surface area contributed by atoms with E-state index in [1.165, 1.54) is 5.69 Å². The Morgan fingerprint density at radius 1 is 0.811 bits per heavy atom. The standard InChI is InChI=1S/C43H51N7O3/c1-7-36(44)43(5)24-23-41(52)50-39-16-10-14-35(48-39)31-12-8-11-30(42(31)53-6)34-13-9-15-38(47-34)49-40(51)22-17-26(2)32-19-18-29(45-32)25-27(3)28(4)33-20-21-37(43)46-33/h7-16,18-21,26-28,45-46H,17,22-25,44H2,1-6H3,(H,47,49,51)(H,48,50,52)/b36-7-/t26?,27?,28-,43-/m0/s1. The molecule has 276 valence electrons. The van der Waals surface area contributed by atoms with E-state index in [1.54, 1.807) is 19.2 Å². The van der Waals surface area contributed by atoms with Gasteiger partial charge in [-0.05, 0) is 112 Å². The van der Waals surface area contributed by atoms with Crippen LogP contribution in [0.2, 0.25) is 0 Å². The van der Waals surface area contributed by atoms with Crippen molar-refractivity contribution in [3.8, 4) is 28.3 Å². The number of methoxy groups -OCH3 is 1. The highest BCUT2D eigenvalue weighted by molar-refractivity contribution is 5.91. The van der Waals surface area contributed by atoms with Crippen LogP contribution in [0.5, 0.6) is 5.75 Å². The van der Waals surface area contributed by atoms with Crippen molar-refractivity contribution in [2.75, 3.05) is 17.7 Å². The highest BCUT2D eigenvalue weighted by Crippen LogP contribution is 2.39. The molecule has 6 rings (SSSR count). The zero-order valence-electron chi connectivity index (χ0n) is 31.5. The molecule has 0 fully saturated rings. The number of ether oxygens (including phenoxy) is 1. The summed E-state index contributed by atoms with van der Waals surface area (Å²) in [5.74, 6) is 1.99. The number of hydrogen-bond donors (Lipinski definition) is 5. The van der Waals surface area contributed by atoms with Crippen LogP contribution in [0.1, 0.15) is 94.9 Å². The Labute approximate surface area is 312 Å². The molecule has 1 aliphatic heterocycles. The van der Waals surface area contributed by atoms with Crippen molar-refractivity contribution in [2.45, 2.75) is 84.0 Å². The van der Waals surface area contributed by atoms with E-state index in [-0.39, 0.29) is 30.1 Å². The van der Waals surface area contributed by atoms with E-state index in [9.17, 15) is 9.59 Å². The maximum absolute atomic E-state index is 13.5. The number of amides is 2. The summed E-state index contributed by atoms with van der Waals surface area (Å²) in [5, 5.41) is 5.99. The third kappa shape index (κ3) is 8.22. The number of aromatic nitrogens is 4. The molecule has 10 bridgehead atoms. The first-order chi connectivity index (χ1) is 25.5. The number of hydrogen-bond acceptors (Lipinski definition) is 6. The van der Waals surface area contributed by atoms with Crippen molar-refractivity contribution in [1.29, 1.82) is 0 Å². The van der Waals surface area contributed by atoms with Gasteiger partial charge in [0, 0.05) is 57.9 Å². The number of nitrogens with one attached hydrogen (secondary N) is 4. The first-order valence-electron chi connectivity index (χ1n) is 18.5. The molecule has 0 saturated heterocycles. The molecule has 4 aromatic heterocycles. The minimum Gasteiger partial charge on any atom is -0.495 e. The van der Waals surface area contributed by atoms with Gasteiger partial charge in [-0.3, -0.25) is 9.59 Å². The molecule has 10 nitrogen and oxygen atoms in total. The second-order valence-electron chi connectivity index (χ2n) is 14.6. The van der Waals surface area contributed by atoms with E-state index in [0.29, 0.717) is 59.7 Å². The predicted molar refractivity (Wildman–Crippen MR) is 212 cm³/mol. The molecule has 2 unspecified atom stereocenters. The van der Waals surface area contributed by atoms with E-state index in [0.717, 1.165) is 34.6 Å². The van der Waals surface area contributed by atoms with Gasteiger partial charge in [0.15, 0.2) is 0 Å². The molecule has 5 aromatic rings. The molecule has 5 heterocycles. The number of carbonyl (C=O) groups is 2. The summed E-state index contributed by atoms with van der Waals surface area (Å²) >= 11 is 0. The summed E-state index contributed by atoms with van der Waals surface area (Å²) in [5.41, 5.74) is 14.0. The highest BCUT2D eigenvalue weighted by Gasteiger charge is 2.32. The van der Waals surface area contributed by atoms with Gasteiger partial charge in [0.1, 0.15) is 17.4 Å². The second-order valence-corrected chi connectivity index (χ2v) is 14.6. The number of benzene rings is 1. The smallest absolute Gasteiger partial charge is 0.225 e. The Hall–Kier alpha value is -5.64. The van der Waals surface area contributed by atoms with Crippen LogP contribution < -0.4 is 21.1 Å². The first kappa shape index (κ1) is 37.1. The average molecular weight is 714 g/mol. The van der Waals surface area contributed by atoms with E-state index in [2.05, 4.69) is 72.6 Å². The molecular weight excluding hydrogens is 663 g/mol. The fourth-order valence-corrected chi connectivity index (χ4v) is 7.19. The number of pyridine rings is 2. The van der Waals surface area contributed by atoms with Crippen LogP contribution in [0.25, 0.3) is 22.5 Å². The van der Waals surface area contributed by atoms with Gasteiger partial charge in [-0.1, -0.05) is 45.0 Å². The lowest BCUT2D eigenvalue weighted by molar-refractivity contribution is -0.117. The van der Waals surface area contributed by atoms with E-state index in [1.807, 2.05) is 55.5 Å². The first-order valence-corrected chi connectivity index (χ1v) is 18.5. The molecule has 0 radical (unpaired) electrons. The normalized spacial score (nSPS) is 21.8. The molecule has 10 heteroatoms. The van der Waals surface area contributed by atoms with Crippen molar-refractivity contribution in [2.24, 2.45) is 11.7 Å². The SMILES string of the molecule is C/C=C(\N)[C@]1(C)CCC(=O)Nc2cccc(n2)-c2cccc(c2OC)-c2cccc(n2)NC(=O)CCC(C)c2ccc([nH]2)CC(C)[C@H](C)c2ccc1[nH]2. The lowest BCUT2D eigenvalue weighted by Crippen LogP contribution is -2.31. The van der Waals surface area contributed by atoms with Crippen molar-refractivity contribution >= 4 is 23.5 Å². The molecular formula is C43H51N7O3. The number of rotatable bonds is 2. The van der Waals surface area contributed by atoms with Gasteiger partial charge < -0.3 is 31.1 Å². The van der Waals surface area contributed by atoms with Crippen molar-refractivity contribution < 1.29 is 14.3 Å². The minimum atomic E-state index is -0.578. The van der Waals surface area contributed by atoms with Gasteiger partial charge in [-0.25, -0.2) is 9.97 Å². The van der Waals surface area contributed by atoms with Crippen LogP contribution in [0.15, 0.2) is 90.6 Å². The number of allylic oxidation sites excluding steroid dienone is 2. The lowest BCUT2D eigenvalue weighted by Gasteiger charge is -2.30. The van der Waals surface area contributed by atoms with Crippen LogP contribution in [-0.4, -0.2) is 38.9 Å². The number of para-hydroxylation sites is 1. The molecule has 4 atom stereocenters. The largest absolute Gasteiger partial charge is 0.495 e. The van der Waals surface area contributed by atoms with Crippen LogP contribution in [-0.2, 0) is 21.4 Å². The summed E-state index contributed by atoms with van der Waals surface area (Å²) in [6, 6.07) is 25.4. The summed E-state index contributed by atoms with van der Waals surface area (Å²) in [4.78, 5) is 43.5. The third-order valence-electron chi connectivity index (χ3n) is 10.9. The number of nitrogens with zero attached hydrogens (tertiary/aromatic N) is 2. The number of carbonyl (C=O) groups excluding carboxylic acids is 2. The Morgan fingerprint density at radius 2 is 1.42 bits per heavy atom. The van der Waals surface area contributed by atoms with Gasteiger partial charge in [0.05, 0.1) is 18.5 Å². The zero-order valence-corrected chi connectivity index (χ0v) is 31.5. The topological polar surface area (TPSA) is 151 Å². The molecule has 6 N–H and O–H groups in total. The fourth-order valence-electron chi connectivity index (χ4n) is 7.19. The van der Waals surface area contributed by atoms with Gasteiger partial charge in [0.25, 0.3) is 0 Å². The maximum atomic E-state index is 13.5. The van der Waals surface area contributed by atoms with Crippen LogP contribution in [0.3, 0.4) is 0 Å².